The summed E-state index contributed by atoms with van der Waals surface area (Å²) in [6.45, 7) is 6.28. The van der Waals surface area contributed by atoms with E-state index < -0.39 is 0 Å². The van der Waals surface area contributed by atoms with E-state index in [0.29, 0.717) is 22.5 Å². The van der Waals surface area contributed by atoms with Crippen LogP contribution in [0.1, 0.15) is 44.7 Å². The summed E-state index contributed by atoms with van der Waals surface area (Å²) in [6, 6.07) is 1.76. The van der Waals surface area contributed by atoms with Crippen molar-refractivity contribution in [3.05, 3.63) is 40.3 Å². The van der Waals surface area contributed by atoms with Crippen LogP contribution in [0.15, 0.2) is 24.0 Å². The molecule has 2 heterocycles. The molecule has 3 rings (SSSR count). The average molecular weight is 322 g/mol. The second-order valence-electron chi connectivity index (χ2n) is 6.56. The lowest BCUT2D eigenvalue weighted by Gasteiger charge is -2.30. The number of pyridine rings is 1. The molecule has 1 aromatic heterocycles. The fraction of sp³-hybridized carbons (Fsp3) is 0.500. The van der Waals surface area contributed by atoms with Crippen LogP contribution in [0.4, 0.5) is 4.39 Å². The number of aromatic nitrogens is 1. The Bertz CT molecular complexity index is 651. The van der Waals surface area contributed by atoms with Crippen LogP contribution in [0.25, 0.3) is 5.57 Å². The highest BCUT2D eigenvalue weighted by atomic mass is 35.5. The van der Waals surface area contributed by atoms with Gasteiger partial charge >= 0.3 is 0 Å². The average Bonchev–Trinajstić information content (AvgIpc) is 2.45. The summed E-state index contributed by atoms with van der Waals surface area (Å²) < 4.78 is 20.4. The molecule has 0 saturated heterocycles. The van der Waals surface area contributed by atoms with Gasteiger partial charge in [-0.25, -0.2) is 9.37 Å². The molecule has 0 aromatic carbocycles. The summed E-state index contributed by atoms with van der Waals surface area (Å²) in [6.07, 6.45) is 6.39. The van der Waals surface area contributed by atoms with Gasteiger partial charge in [0.15, 0.2) is 0 Å². The fourth-order valence-corrected chi connectivity index (χ4v) is 3.29. The topological polar surface area (TPSA) is 22.1 Å². The number of ether oxygens (including phenoxy) is 1. The normalized spacial score (nSPS) is 24.5. The highest BCUT2D eigenvalue weighted by Gasteiger charge is 2.28. The van der Waals surface area contributed by atoms with Crippen molar-refractivity contribution in [2.75, 3.05) is 0 Å². The molecule has 0 fully saturated rings. The molecule has 4 heteroatoms. The number of fused-ring (bicyclic) bond motifs is 1. The molecule has 1 aliphatic heterocycles. The second kappa shape index (κ2) is 6.04. The molecular formula is C18H21ClFNO. The van der Waals surface area contributed by atoms with Gasteiger partial charge in [-0.3, -0.25) is 0 Å². The number of allylic oxidation sites excluding steroid dienone is 4. The Balaban J connectivity index is 2.02. The molecule has 0 saturated carbocycles. The Morgan fingerprint density at radius 2 is 2.18 bits per heavy atom. The number of hydrogen-bond donors (Lipinski definition) is 0. The van der Waals surface area contributed by atoms with Gasteiger partial charge in [0.25, 0.3) is 0 Å². The number of rotatable bonds is 2. The lowest BCUT2D eigenvalue weighted by Crippen LogP contribution is -2.29. The molecule has 2 aliphatic rings. The number of halogens is 2. The molecule has 0 N–H and O–H groups in total. The van der Waals surface area contributed by atoms with E-state index in [2.05, 4.69) is 18.8 Å². The van der Waals surface area contributed by atoms with Gasteiger partial charge in [0.2, 0.25) is 5.88 Å². The van der Waals surface area contributed by atoms with Crippen LogP contribution in [0, 0.1) is 11.8 Å². The molecule has 2 nitrogen and oxygen atoms in total. The van der Waals surface area contributed by atoms with E-state index in [1.165, 1.54) is 0 Å². The maximum atomic E-state index is 14.4. The second-order valence-corrected chi connectivity index (χ2v) is 6.95. The van der Waals surface area contributed by atoms with Gasteiger partial charge in [-0.05, 0) is 48.8 Å². The van der Waals surface area contributed by atoms with Crippen LogP contribution < -0.4 is 4.74 Å². The van der Waals surface area contributed by atoms with E-state index in [0.717, 1.165) is 30.4 Å². The predicted octanol–water partition coefficient (Wildman–Crippen LogP) is 5.36. The molecule has 0 spiro atoms. The van der Waals surface area contributed by atoms with E-state index in [-0.39, 0.29) is 17.8 Å². The van der Waals surface area contributed by atoms with Crippen LogP contribution >= 0.6 is 11.6 Å². The van der Waals surface area contributed by atoms with Gasteiger partial charge in [0.05, 0.1) is 0 Å². The largest absolute Gasteiger partial charge is 0.474 e. The van der Waals surface area contributed by atoms with Gasteiger partial charge in [-0.15, -0.1) is 0 Å². The van der Waals surface area contributed by atoms with E-state index in [1.54, 1.807) is 12.1 Å². The summed E-state index contributed by atoms with van der Waals surface area (Å²) in [5, 5.41) is 0.352. The van der Waals surface area contributed by atoms with Crippen molar-refractivity contribution >= 4 is 17.2 Å². The quantitative estimate of drug-likeness (QED) is 0.684. The summed E-state index contributed by atoms with van der Waals surface area (Å²) in [7, 11) is 0. The van der Waals surface area contributed by atoms with Crippen molar-refractivity contribution in [3.8, 4) is 5.88 Å². The first kappa shape index (κ1) is 15.5. The van der Waals surface area contributed by atoms with Gasteiger partial charge in [-0.2, -0.15) is 0 Å². The molecule has 118 valence electrons. The van der Waals surface area contributed by atoms with Gasteiger partial charge in [-0.1, -0.05) is 38.4 Å². The molecular weight excluding hydrogens is 301 g/mol. The van der Waals surface area contributed by atoms with E-state index in [9.17, 15) is 4.39 Å². The van der Waals surface area contributed by atoms with E-state index in [4.69, 9.17) is 16.3 Å². The van der Waals surface area contributed by atoms with Crippen molar-refractivity contribution in [2.24, 2.45) is 11.8 Å². The van der Waals surface area contributed by atoms with Crippen molar-refractivity contribution < 1.29 is 9.13 Å². The van der Waals surface area contributed by atoms with Crippen LogP contribution in [0.5, 0.6) is 5.88 Å². The maximum absolute atomic E-state index is 14.4. The molecule has 2 unspecified atom stereocenters. The highest BCUT2D eigenvalue weighted by molar-refractivity contribution is 6.29. The molecule has 2 atom stereocenters. The zero-order chi connectivity index (χ0) is 15.9. The third kappa shape index (κ3) is 2.91. The predicted molar refractivity (Wildman–Crippen MR) is 87.8 cm³/mol. The minimum Gasteiger partial charge on any atom is -0.474 e. The Kier molecular flexibility index (Phi) is 4.26. The minimum absolute atomic E-state index is 0.145. The minimum atomic E-state index is -0.172. The van der Waals surface area contributed by atoms with Gasteiger partial charge in [0.1, 0.15) is 17.1 Å². The van der Waals surface area contributed by atoms with Crippen molar-refractivity contribution in [2.45, 2.75) is 46.1 Å². The summed E-state index contributed by atoms with van der Waals surface area (Å²) in [4.78, 5) is 4.32. The zero-order valence-electron chi connectivity index (χ0n) is 13.2. The first-order valence-corrected chi connectivity index (χ1v) is 8.27. The third-order valence-corrected chi connectivity index (χ3v) is 4.61. The maximum Gasteiger partial charge on any atom is 0.218 e. The van der Waals surface area contributed by atoms with E-state index in [1.807, 2.05) is 13.0 Å². The molecule has 0 bridgehead atoms. The Morgan fingerprint density at radius 1 is 1.41 bits per heavy atom. The smallest absolute Gasteiger partial charge is 0.218 e. The van der Waals surface area contributed by atoms with Crippen molar-refractivity contribution in [1.82, 2.24) is 4.98 Å². The van der Waals surface area contributed by atoms with Crippen molar-refractivity contribution in [3.63, 3.8) is 0 Å². The van der Waals surface area contributed by atoms with Crippen LogP contribution in [-0.2, 0) is 6.42 Å². The monoisotopic (exact) mass is 321 g/mol. The summed E-state index contributed by atoms with van der Waals surface area (Å²) in [5.41, 5.74) is 2.44. The third-order valence-electron chi connectivity index (χ3n) is 4.41. The molecule has 0 amide bonds. The molecule has 0 radical (unpaired) electrons. The lowest BCUT2D eigenvalue weighted by atomic mass is 9.88. The van der Waals surface area contributed by atoms with Crippen LogP contribution in [0.3, 0.4) is 0 Å². The van der Waals surface area contributed by atoms with Gasteiger partial charge in [0, 0.05) is 11.1 Å². The molecule has 22 heavy (non-hydrogen) atoms. The van der Waals surface area contributed by atoms with Crippen LogP contribution in [-0.4, -0.2) is 11.1 Å². The Labute approximate surface area is 136 Å². The SMILES string of the molecule is CC1C=C(F)C(c2cc(Cl)nc3c2CCC(C(C)C)O3)=CC1. The fourth-order valence-electron chi connectivity index (χ4n) is 3.10. The molecule has 1 aliphatic carbocycles. The summed E-state index contributed by atoms with van der Waals surface area (Å²) >= 11 is 6.14. The van der Waals surface area contributed by atoms with Crippen LogP contribution in [0.2, 0.25) is 5.15 Å². The Hall–Kier alpha value is -1.35. The first-order valence-electron chi connectivity index (χ1n) is 7.90. The molecule has 1 aromatic rings. The Morgan fingerprint density at radius 3 is 2.86 bits per heavy atom. The zero-order valence-corrected chi connectivity index (χ0v) is 14.0. The first-order chi connectivity index (χ1) is 10.5. The van der Waals surface area contributed by atoms with Gasteiger partial charge < -0.3 is 4.74 Å². The number of hydrogen-bond acceptors (Lipinski definition) is 2. The highest BCUT2D eigenvalue weighted by Crippen LogP contribution is 2.40. The lowest BCUT2D eigenvalue weighted by molar-refractivity contribution is 0.120. The van der Waals surface area contributed by atoms with E-state index >= 15 is 0 Å². The summed E-state index contributed by atoms with van der Waals surface area (Å²) in [5.74, 6) is 1.05. The van der Waals surface area contributed by atoms with Crippen molar-refractivity contribution in [1.29, 1.82) is 0 Å². The number of nitrogens with zero attached hydrogens (tertiary/aromatic N) is 1. The standard InChI is InChI=1S/C18H21ClFNO/c1-10(2)16-7-6-13-14(9-17(19)21-18(13)22-16)12-5-4-11(3)8-15(12)20/h5,8-11,16H,4,6-7H2,1-3H3.